The Balaban J connectivity index is 2.70. The molecule has 2 atom stereocenters. The molecule has 0 aromatic heterocycles. The predicted molar refractivity (Wildman–Crippen MR) is 81.7 cm³/mol. The van der Waals surface area contributed by atoms with Gasteiger partial charge in [0, 0.05) is 29.9 Å². The molecular formula is C14H18N2O5S. The van der Waals surface area contributed by atoms with Gasteiger partial charge < -0.3 is 10.1 Å². The fourth-order valence-corrected chi connectivity index (χ4v) is 2.23. The quantitative estimate of drug-likeness (QED) is 0.770. The lowest BCUT2D eigenvalue weighted by atomic mass is 10.1. The van der Waals surface area contributed by atoms with Crippen LogP contribution in [0.2, 0.25) is 0 Å². The van der Waals surface area contributed by atoms with Crippen LogP contribution in [0.4, 0.5) is 4.79 Å². The third-order valence-electron chi connectivity index (χ3n) is 2.65. The van der Waals surface area contributed by atoms with E-state index in [1.165, 1.54) is 20.0 Å². The minimum Gasteiger partial charge on any atom is -0.449 e. The molecule has 0 saturated heterocycles. The zero-order chi connectivity index (χ0) is 16.7. The normalized spacial score (nSPS) is 12.9. The van der Waals surface area contributed by atoms with Crippen molar-refractivity contribution in [2.75, 3.05) is 13.3 Å². The summed E-state index contributed by atoms with van der Waals surface area (Å²) in [5, 5.41) is 4.24. The van der Waals surface area contributed by atoms with Crippen molar-refractivity contribution in [3.05, 3.63) is 35.4 Å². The molecule has 0 radical (unpaired) electrons. The van der Waals surface area contributed by atoms with Crippen LogP contribution in [-0.4, -0.2) is 41.5 Å². The first-order valence-corrected chi connectivity index (χ1v) is 8.18. The molecular weight excluding hydrogens is 308 g/mol. The highest BCUT2D eigenvalue weighted by atomic mass is 32.2. The van der Waals surface area contributed by atoms with Gasteiger partial charge in [0.15, 0.2) is 6.10 Å². The summed E-state index contributed by atoms with van der Waals surface area (Å²) in [4.78, 5) is 34.6. The van der Waals surface area contributed by atoms with E-state index >= 15 is 0 Å². The van der Waals surface area contributed by atoms with E-state index in [1.54, 1.807) is 24.5 Å². The monoisotopic (exact) mass is 326 g/mol. The Morgan fingerprint density at radius 1 is 1.32 bits per heavy atom. The van der Waals surface area contributed by atoms with E-state index in [2.05, 4.69) is 5.32 Å². The zero-order valence-electron chi connectivity index (χ0n) is 12.5. The summed E-state index contributed by atoms with van der Waals surface area (Å²) in [7, 11) is 0.339. The number of ether oxygens (including phenoxy) is 1. The van der Waals surface area contributed by atoms with E-state index < -0.39 is 34.8 Å². The number of esters is 1. The van der Waals surface area contributed by atoms with Gasteiger partial charge in [-0.15, -0.1) is 0 Å². The maximum Gasteiger partial charge on any atom is 0.338 e. The number of amides is 3. The largest absolute Gasteiger partial charge is 0.449 e. The summed E-state index contributed by atoms with van der Waals surface area (Å²) in [5.41, 5.74) is 0.986. The van der Waals surface area contributed by atoms with Crippen molar-refractivity contribution in [1.29, 1.82) is 0 Å². The number of nitrogens with one attached hydrogen (secondary N) is 2. The molecule has 1 aromatic rings. The van der Waals surface area contributed by atoms with Gasteiger partial charge in [0.1, 0.15) is 0 Å². The highest BCUT2D eigenvalue weighted by molar-refractivity contribution is 7.83. The predicted octanol–water partition coefficient (Wildman–Crippen LogP) is 0.566. The van der Waals surface area contributed by atoms with Crippen molar-refractivity contribution < 1.29 is 23.3 Å². The van der Waals surface area contributed by atoms with Gasteiger partial charge in [-0.05, 0) is 24.6 Å². The Labute approximate surface area is 130 Å². The van der Waals surface area contributed by atoms with Gasteiger partial charge in [0.05, 0.1) is 5.56 Å². The summed E-state index contributed by atoms with van der Waals surface area (Å²) < 4.78 is 16.2. The molecule has 22 heavy (non-hydrogen) atoms. The molecule has 0 aliphatic heterocycles. The average Bonchev–Trinajstić information content (AvgIpc) is 2.46. The van der Waals surface area contributed by atoms with Gasteiger partial charge in [-0.1, -0.05) is 12.1 Å². The van der Waals surface area contributed by atoms with Crippen molar-refractivity contribution in [3.8, 4) is 0 Å². The fraction of sp³-hybridized carbons (Fsp3) is 0.357. The number of carbonyl (C=O) groups is 3. The Hall–Kier alpha value is -2.22. The molecule has 2 unspecified atom stereocenters. The Morgan fingerprint density at radius 3 is 2.59 bits per heavy atom. The second-order valence-electron chi connectivity index (χ2n) is 4.53. The molecule has 0 aliphatic carbocycles. The molecule has 0 aliphatic rings. The van der Waals surface area contributed by atoms with Gasteiger partial charge in [0.2, 0.25) is 0 Å². The number of carbonyl (C=O) groups excluding carboxylic acids is 3. The lowest BCUT2D eigenvalue weighted by Crippen LogP contribution is -2.43. The van der Waals surface area contributed by atoms with Crippen molar-refractivity contribution >= 4 is 28.7 Å². The maximum atomic E-state index is 12.0. The minimum absolute atomic E-state index is 0.252. The van der Waals surface area contributed by atoms with E-state index in [9.17, 15) is 18.6 Å². The fourth-order valence-electron chi connectivity index (χ4n) is 1.58. The zero-order valence-corrected chi connectivity index (χ0v) is 13.4. The Bertz CT molecular complexity index is 603. The second kappa shape index (κ2) is 8.28. The number of urea groups is 1. The summed E-state index contributed by atoms with van der Waals surface area (Å²) in [6.45, 7) is 1.36. The molecule has 120 valence electrons. The lowest BCUT2D eigenvalue weighted by molar-refractivity contribution is -0.127. The van der Waals surface area contributed by atoms with Crippen LogP contribution in [0.1, 0.15) is 22.8 Å². The highest BCUT2D eigenvalue weighted by Crippen LogP contribution is 2.10. The molecule has 2 N–H and O–H groups in total. The summed E-state index contributed by atoms with van der Waals surface area (Å²) in [5.74, 6) is -1.09. The number of hydrogen-bond donors (Lipinski definition) is 2. The Kier molecular flexibility index (Phi) is 6.71. The van der Waals surface area contributed by atoms with E-state index in [-0.39, 0.29) is 5.56 Å². The van der Waals surface area contributed by atoms with Crippen LogP contribution in [0.15, 0.2) is 24.3 Å². The van der Waals surface area contributed by atoms with Crippen molar-refractivity contribution in [3.63, 3.8) is 0 Å². The minimum atomic E-state index is -1.12. The van der Waals surface area contributed by atoms with E-state index in [0.29, 0.717) is 5.75 Å². The van der Waals surface area contributed by atoms with Crippen molar-refractivity contribution in [1.82, 2.24) is 10.6 Å². The van der Waals surface area contributed by atoms with E-state index in [1.807, 2.05) is 5.32 Å². The molecule has 7 nitrogen and oxygen atoms in total. The number of benzene rings is 1. The smallest absolute Gasteiger partial charge is 0.338 e. The number of rotatable bonds is 5. The number of hydrogen-bond acceptors (Lipinski definition) is 5. The van der Waals surface area contributed by atoms with Crippen molar-refractivity contribution in [2.45, 2.75) is 18.8 Å². The molecule has 0 spiro atoms. The molecule has 1 rings (SSSR count). The third-order valence-corrected chi connectivity index (χ3v) is 3.39. The van der Waals surface area contributed by atoms with Crippen LogP contribution in [0.25, 0.3) is 0 Å². The summed E-state index contributed by atoms with van der Waals surface area (Å²) >= 11 is 0. The summed E-state index contributed by atoms with van der Waals surface area (Å²) in [6, 6.07) is 5.81. The molecule has 1 aromatic carbocycles. The molecule has 0 fully saturated rings. The van der Waals surface area contributed by atoms with Gasteiger partial charge >= 0.3 is 12.0 Å². The van der Waals surface area contributed by atoms with Crippen LogP contribution in [-0.2, 0) is 26.1 Å². The van der Waals surface area contributed by atoms with Crippen LogP contribution < -0.4 is 10.6 Å². The highest BCUT2D eigenvalue weighted by Gasteiger charge is 2.20. The van der Waals surface area contributed by atoms with Gasteiger partial charge in [-0.25, -0.2) is 9.59 Å². The summed E-state index contributed by atoms with van der Waals surface area (Å²) in [6.07, 6.45) is 0.449. The standard InChI is InChI=1S/C14H18N2O5S/c1-9(12(17)16-14(19)15-2)21-13(18)11-6-4-5-10(7-11)8-22(3)20/h4-7,9H,8H2,1-3H3,(H2,15,16,17,19). The van der Waals surface area contributed by atoms with E-state index in [0.717, 1.165) is 5.56 Å². The molecule has 8 heteroatoms. The Morgan fingerprint density at radius 2 is 2.00 bits per heavy atom. The van der Waals surface area contributed by atoms with Crippen molar-refractivity contribution in [2.24, 2.45) is 0 Å². The van der Waals surface area contributed by atoms with Crippen LogP contribution in [0, 0.1) is 0 Å². The molecule has 0 heterocycles. The lowest BCUT2D eigenvalue weighted by Gasteiger charge is -2.13. The van der Waals surface area contributed by atoms with Crippen LogP contribution in [0.3, 0.4) is 0 Å². The molecule has 3 amide bonds. The average molecular weight is 326 g/mol. The van der Waals surface area contributed by atoms with Gasteiger partial charge in [0.25, 0.3) is 5.91 Å². The van der Waals surface area contributed by atoms with E-state index in [4.69, 9.17) is 4.74 Å². The van der Waals surface area contributed by atoms with Crippen LogP contribution in [0.5, 0.6) is 0 Å². The maximum absolute atomic E-state index is 12.0. The first-order chi connectivity index (χ1) is 10.3. The van der Waals surface area contributed by atoms with Gasteiger partial charge in [-0.3, -0.25) is 14.3 Å². The van der Waals surface area contributed by atoms with Crippen LogP contribution >= 0.6 is 0 Å². The molecule has 0 bridgehead atoms. The first kappa shape index (κ1) is 17.8. The SMILES string of the molecule is CNC(=O)NC(=O)C(C)OC(=O)c1cccc(CS(C)=O)c1. The van der Waals surface area contributed by atoms with Gasteiger partial charge in [-0.2, -0.15) is 0 Å². The number of imide groups is 1. The third kappa shape index (κ3) is 5.65. The second-order valence-corrected chi connectivity index (χ2v) is 5.97. The molecule has 0 saturated carbocycles. The first-order valence-electron chi connectivity index (χ1n) is 6.46. The topological polar surface area (TPSA) is 102 Å².